The highest BCUT2D eigenvalue weighted by Crippen LogP contribution is 2.30. The van der Waals surface area contributed by atoms with Crippen molar-refractivity contribution < 1.29 is 4.79 Å². The standard InChI is InChI=1S/C13H24N2O/c1-9-6-12(7-9)15-13(16)11-4-2-10(8-14)3-5-11/h9-12H,2-8,14H2,1H3,(H,15,16). The second-order valence-corrected chi connectivity index (χ2v) is 5.74. The van der Waals surface area contributed by atoms with E-state index in [1.807, 2.05) is 0 Å². The van der Waals surface area contributed by atoms with Crippen molar-refractivity contribution in [3.8, 4) is 0 Å². The lowest BCUT2D eigenvalue weighted by Crippen LogP contribution is -2.46. The molecule has 0 radical (unpaired) electrons. The smallest absolute Gasteiger partial charge is 0.223 e. The molecule has 2 aliphatic rings. The van der Waals surface area contributed by atoms with Gasteiger partial charge in [0.2, 0.25) is 5.91 Å². The average Bonchev–Trinajstić information content (AvgIpc) is 2.27. The number of amides is 1. The summed E-state index contributed by atoms with van der Waals surface area (Å²) in [7, 11) is 0. The molecule has 0 aliphatic heterocycles. The van der Waals surface area contributed by atoms with Crippen molar-refractivity contribution in [2.45, 2.75) is 51.5 Å². The Bertz CT molecular complexity index is 240. The summed E-state index contributed by atoms with van der Waals surface area (Å²) in [5.74, 6) is 2.03. The SMILES string of the molecule is CC1CC(NC(=O)C2CCC(CN)CC2)C1. The van der Waals surface area contributed by atoms with Crippen LogP contribution in [0, 0.1) is 17.8 Å². The number of rotatable bonds is 3. The van der Waals surface area contributed by atoms with Crippen LogP contribution in [-0.2, 0) is 4.79 Å². The van der Waals surface area contributed by atoms with Crippen LogP contribution in [0.25, 0.3) is 0 Å². The van der Waals surface area contributed by atoms with Crippen LogP contribution in [0.3, 0.4) is 0 Å². The lowest BCUT2D eigenvalue weighted by molar-refractivity contribution is -0.127. The second-order valence-electron chi connectivity index (χ2n) is 5.74. The predicted molar refractivity (Wildman–Crippen MR) is 64.8 cm³/mol. The van der Waals surface area contributed by atoms with E-state index in [-0.39, 0.29) is 5.92 Å². The molecule has 2 rings (SSSR count). The van der Waals surface area contributed by atoms with Gasteiger partial charge in [0.05, 0.1) is 0 Å². The predicted octanol–water partition coefficient (Wildman–Crippen LogP) is 1.67. The van der Waals surface area contributed by atoms with E-state index in [0.717, 1.165) is 38.1 Å². The van der Waals surface area contributed by atoms with E-state index in [1.165, 1.54) is 12.8 Å². The summed E-state index contributed by atoms with van der Waals surface area (Å²) in [6.45, 7) is 3.03. The molecule has 16 heavy (non-hydrogen) atoms. The van der Waals surface area contributed by atoms with Gasteiger partial charge in [-0.1, -0.05) is 6.92 Å². The largest absolute Gasteiger partial charge is 0.353 e. The molecule has 3 nitrogen and oxygen atoms in total. The second kappa shape index (κ2) is 5.17. The first-order valence-electron chi connectivity index (χ1n) is 6.69. The van der Waals surface area contributed by atoms with Crippen molar-refractivity contribution in [3.63, 3.8) is 0 Å². The van der Waals surface area contributed by atoms with E-state index in [1.54, 1.807) is 0 Å². The van der Waals surface area contributed by atoms with Crippen molar-refractivity contribution in [1.82, 2.24) is 5.32 Å². The molecule has 0 aromatic carbocycles. The number of hydrogen-bond donors (Lipinski definition) is 2. The van der Waals surface area contributed by atoms with Crippen LogP contribution in [0.4, 0.5) is 0 Å². The monoisotopic (exact) mass is 224 g/mol. The Morgan fingerprint density at radius 3 is 2.38 bits per heavy atom. The van der Waals surface area contributed by atoms with Crippen LogP contribution >= 0.6 is 0 Å². The zero-order chi connectivity index (χ0) is 11.5. The maximum atomic E-state index is 12.0. The van der Waals surface area contributed by atoms with Crippen molar-refractivity contribution >= 4 is 5.91 Å². The van der Waals surface area contributed by atoms with E-state index in [4.69, 9.17) is 5.73 Å². The molecule has 0 spiro atoms. The minimum absolute atomic E-state index is 0.263. The van der Waals surface area contributed by atoms with Crippen molar-refractivity contribution in [2.24, 2.45) is 23.5 Å². The summed E-state index contributed by atoms with van der Waals surface area (Å²) in [6.07, 6.45) is 6.69. The number of carbonyl (C=O) groups is 1. The van der Waals surface area contributed by atoms with Crippen molar-refractivity contribution in [2.75, 3.05) is 6.54 Å². The average molecular weight is 224 g/mol. The van der Waals surface area contributed by atoms with E-state index in [9.17, 15) is 4.79 Å². The molecular formula is C13H24N2O. The van der Waals surface area contributed by atoms with Gasteiger partial charge in [0.1, 0.15) is 0 Å². The number of nitrogens with two attached hydrogens (primary N) is 1. The fraction of sp³-hybridized carbons (Fsp3) is 0.923. The van der Waals surface area contributed by atoms with E-state index < -0.39 is 0 Å². The van der Waals surface area contributed by atoms with Crippen LogP contribution < -0.4 is 11.1 Å². The molecule has 0 heterocycles. The molecule has 2 saturated carbocycles. The van der Waals surface area contributed by atoms with Gasteiger partial charge in [-0.05, 0) is 56.9 Å². The third-order valence-electron chi connectivity index (χ3n) is 4.27. The lowest BCUT2D eigenvalue weighted by atomic mass is 9.79. The Morgan fingerprint density at radius 2 is 1.88 bits per heavy atom. The zero-order valence-electron chi connectivity index (χ0n) is 10.2. The third kappa shape index (κ3) is 2.76. The fourth-order valence-electron chi connectivity index (χ4n) is 3.00. The minimum Gasteiger partial charge on any atom is -0.353 e. The maximum Gasteiger partial charge on any atom is 0.223 e. The molecule has 3 heteroatoms. The van der Waals surface area contributed by atoms with Gasteiger partial charge in [0, 0.05) is 12.0 Å². The van der Waals surface area contributed by atoms with Gasteiger partial charge in [-0.15, -0.1) is 0 Å². The Kier molecular flexibility index (Phi) is 3.85. The molecule has 0 aromatic rings. The molecular weight excluding hydrogens is 200 g/mol. The number of carbonyl (C=O) groups excluding carboxylic acids is 1. The van der Waals surface area contributed by atoms with Crippen LogP contribution in [0.1, 0.15) is 45.4 Å². The molecule has 0 unspecified atom stereocenters. The van der Waals surface area contributed by atoms with Crippen LogP contribution in [-0.4, -0.2) is 18.5 Å². The lowest BCUT2D eigenvalue weighted by Gasteiger charge is -2.35. The number of hydrogen-bond acceptors (Lipinski definition) is 2. The van der Waals surface area contributed by atoms with Crippen molar-refractivity contribution in [1.29, 1.82) is 0 Å². The topological polar surface area (TPSA) is 55.1 Å². The maximum absolute atomic E-state index is 12.0. The first-order valence-corrected chi connectivity index (χ1v) is 6.69. The molecule has 3 N–H and O–H groups in total. The summed E-state index contributed by atoms with van der Waals surface area (Å²) in [6, 6.07) is 0.467. The Balaban J connectivity index is 1.70. The van der Waals surface area contributed by atoms with Gasteiger partial charge in [-0.2, -0.15) is 0 Å². The molecule has 0 saturated heterocycles. The number of nitrogens with one attached hydrogen (secondary N) is 1. The molecule has 0 bridgehead atoms. The Labute approximate surface area is 98.2 Å². The molecule has 2 aliphatic carbocycles. The first-order chi connectivity index (χ1) is 7.69. The fourth-order valence-corrected chi connectivity index (χ4v) is 3.00. The van der Waals surface area contributed by atoms with Crippen LogP contribution in [0.5, 0.6) is 0 Å². The minimum atomic E-state index is 0.263. The molecule has 1 amide bonds. The van der Waals surface area contributed by atoms with E-state index in [0.29, 0.717) is 17.9 Å². The molecule has 92 valence electrons. The van der Waals surface area contributed by atoms with Gasteiger partial charge < -0.3 is 11.1 Å². The zero-order valence-corrected chi connectivity index (χ0v) is 10.2. The Hall–Kier alpha value is -0.570. The van der Waals surface area contributed by atoms with Crippen LogP contribution in [0.15, 0.2) is 0 Å². The van der Waals surface area contributed by atoms with Gasteiger partial charge in [-0.25, -0.2) is 0 Å². The van der Waals surface area contributed by atoms with Gasteiger partial charge in [0.15, 0.2) is 0 Å². The summed E-state index contributed by atoms with van der Waals surface area (Å²) >= 11 is 0. The first kappa shape index (κ1) is 11.9. The summed E-state index contributed by atoms with van der Waals surface area (Å²) < 4.78 is 0. The quantitative estimate of drug-likeness (QED) is 0.766. The van der Waals surface area contributed by atoms with Gasteiger partial charge >= 0.3 is 0 Å². The van der Waals surface area contributed by atoms with Gasteiger partial charge in [-0.3, -0.25) is 4.79 Å². The summed E-state index contributed by atoms with van der Waals surface area (Å²) in [5, 5.41) is 3.18. The Morgan fingerprint density at radius 1 is 1.25 bits per heavy atom. The highest BCUT2D eigenvalue weighted by atomic mass is 16.1. The van der Waals surface area contributed by atoms with Crippen LogP contribution in [0.2, 0.25) is 0 Å². The van der Waals surface area contributed by atoms with Crippen molar-refractivity contribution in [3.05, 3.63) is 0 Å². The molecule has 2 fully saturated rings. The summed E-state index contributed by atoms with van der Waals surface area (Å²) in [4.78, 5) is 12.0. The summed E-state index contributed by atoms with van der Waals surface area (Å²) in [5.41, 5.74) is 5.65. The molecule has 0 atom stereocenters. The van der Waals surface area contributed by atoms with E-state index >= 15 is 0 Å². The highest BCUT2D eigenvalue weighted by molar-refractivity contribution is 5.79. The highest BCUT2D eigenvalue weighted by Gasteiger charge is 2.30. The van der Waals surface area contributed by atoms with E-state index in [2.05, 4.69) is 12.2 Å². The van der Waals surface area contributed by atoms with Gasteiger partial charge in [0.25, 0.3) is 0 Å². The molecule has 0 aromatic heterocycles. The third-order valence-corrected chi connectivity index (χ3v) is 4.27. The normalized spacial score (nSPS) is 38.9.